The number of urea groups is 1. The van der Waals surface area contributed by atoms with Crippen LogP contribution in [0, 0.1) is 11.8 Å². The summed E-state index contributed by atoms with van der Waals surface area (Å²) in [6.45, 7) is 7.32. The minimum atomic E-state index is -1.24. The van der Waals surface area contributed by atoms with Gasteiger partial charge in [0.2, 0.25) is 17.7 Å². The van der Waals surface area contributed by atoms with E-state index in [4.69, 9.17) is 0 Å². The van der Waals surface area contributed by atoms with Crippen molar-refractivity contribution in [2.24, 2.45) is 11.8 Å². The van der Waals surface area contributed by atoms with Crippen LogP contribution in [0.15, 0.2) is 0 Å². The Morgan fingerprint density at radius 3 is 2.48 bits per heavy atom. The normalized spacial score (nSPS) is 25.1. The molecule has 11 nitrogen and oxygen atoms in total. The molecule has 4 atom stereocenters. The highest BCUT2D eigenvalue weighted by Gasteiger charge is 2.61. The summed E-state index contributed by atoms with van der Waals surface area (Å²) < 4.78 is 0. The first-order chi connectivity index (χ1) is 19.1. The molecule has 4 N–H and O–H groups in total. The summed E-state index contributed by atoms with van der Waals surface area (Å²) in [5.74, 6) is -1.72. The highest BCUT2D eigenvalue weighted by atomic mass is 16.4. The van der Waals surface area contributed by atoms with Gasteiger partial charge in [-0.1, -0.05) is 52.9 Å². The summed E-state index contributed by atoms with van der Waals surface area (Å²) in [5, 5.41) is 18.2. The Hall–Kier alpha value is -2.85. The van der Waals surface area contributed by atoms with Crippen molar-refractivity contribution in [2.75, 3.05) is 26.2 Å². The van der Waals surface area contributed by atoms with Crippen LogP contribution in [0.5, 0.6) is 0 Å². The molecule has 1 unspecified atom stereocenters. The van der Waals surface area contributed by atoms with Crippen molar-refractivity contribution in [2.45, 2.75) is 115 Å². The molecule has 11 heteroatoms. The molecule has 3 fully saturated rings. The average Bonchev–Trinajstić information content (AvgIpc) is 3.38. The molecule has 40 heavy (non-hydrogen) atoms. The van der Waals surface area contributed by atoms with E-state index in [0.29, 0.717) is 45.3 Å². The van der Waals surface area contributed by atoms with Crippen LogP contribution in [0.1, 0.15) is 97.8 Å². The van der Waals surface area contributed by atoms with Gasteiger partial charge in [0.05, 0.1) is 12.6 Å². The van der Waals surface area contributed by atoms with Gasteiger partial charge in [0.1, 0.15) is 11.6 Å². The SMILES string of the molecule is CCCCCCCC1C[C@]1(NC(=O)[C@@H]1CCCN1C(=O)CNC(=O)N[C@H](CN1CCCCC1=O)C(C)C)C(=O)O. The summed E-state index contributed by atoms with van der Waals surface area (Å²) in [5.41, 5.74) is -1.24. The van der Waals surface area contributed by atoms with Gasteiger partial charge in [0.25, 0.3) is 0 Å². The van der Waals surface area contributed by atoms with Crippen LogP contribution < -0.4 is 16.0 Å². The number of unbranched alkanes of at least 4 members (excludes halogenated alkanes) is 4. The Labute approximate surface area is 238 Å². The Bertz CT molecular complexity index is 927. The highest BCUT2D eigenvalue weighted by molar-refractivity contribution is 5.95. The second-order valence-corrected chi connectivity index (χ2v) is 12.1. The smallest absolute Gasteiger partial charge is 0.329 e. The first-order valence-electron chi connectivity index (χ1n) is 15.3. The minimum absolute atomic E-state index is 0.0828. The van der Waals surface area contributed by atoms with Crippen LogP contribution >= 0.6 is 0 Å². The molecule has 2 heterocycles. The molecule has 0 aromatic rings. The van der Waals surface area contributed by atoms with Crippen molar-refractivity contribution >= 4 is 29.7 Å². The monoisotopic (exact) mass is 563 g/mol. The predicted molar refractivity (Wildman–Crippen MR) is 150 cm³/mol. The lowest BCUT2D eigenvalue weighted by molar-refractivity contribution is -0.145. The maximum Gasteiger partial charge on any atom is 0.329 e. The van der Waals surface area contributed by atoms with E-state index in [0.717, 1.165) is 44.9 Å². The summed E-state index contributed by atoms with van der Waals surface area (Å²) in [6, 6.07) is -1.50. The molecule has 2 aliphatic heterocycles. The molecule has 3 aliphatic rings. The van der Waals surface area contributed by atoms with Gasteiger partial charge in [-0.15, -0.1) is 0 Å². The third-order valence-electron chi connectivity index (χ3n) is 8.72. The number of carboxylic acids is 1. The quantitative estimate of drug-likeness (QED) is 0.225. The Morgan fingerprint density at radius 2 is 1.80 bits per heavy atom. The minimum Gasteiger partial charge on any atom is -0.479 e. The summed E-state index contributed by atoms with van der Waals surface area (Å²) in [4.78, 5) is 66.3. The molecule has 0 aromatic heterocycles. The van der Waals surface area contributed by atoms with Gasteiger partial charge in [-0.05, 0) is 50.4 Å². The van der Waals surface area contributed by atoms with Gasteiger partial charge in [0, 0.05) is 26.1 Å². The number of nitrogens with zero attached hydrogens (tertiary/aromatic N) is 2. The molecule has 2 saturated heterocycles. The van der Waals surface area contributed by atoms with E-state index in [-0.39, 0.29) is 36.2 Å². The molecule has 3 rings (SSSR count). The Balaban J connectivity index is 1.47. The van der Waals surface area contributed by atoms with Gasteiger partial charge in [-0.25, -0.2) is 9.59 Å². The van der Waals surface area contributed by atoms with Crippen LogP contribution in [0.3, 0.4) is 0 Å². The lowest BCUT2D eigenvalue weighted by atomic mass is 10.0. The van der Waals surface area contributed by atoms with E-state index in [9.17, 15) is 29.1 Å². The van der Waals surface area contributed by atoms with E-state index in [1.54, 1.807) is 4.90 Å². The van der Waals surface area contributed by atoms with Gasteiger partial charge in [0.15, 0.2) is 0 Å². The molecule has 1 saturated carbocycles. The zero-order valence-corrected chi connectivity index (χ0v) is 24.5. The number of hydrogen-bond acceptors (Lipinski definition) is 5. The third-order valence-corrected chi connectivity index (χ3v) is 8.72. The standard InChI is InChI=1S/C29H49N5O6/c1-4-5-6-7-8-12-21-17-29(21,27(38)39)32-26(37)23-13-11-16-34(23)25(36)18-30-28(40)31-22(20(2)3)19-33-15-10-9-14-24(33)35/h20-23H,4-19H2,1-3H3,(H,32,37)(H,38,39)(H2,30,31,40)/t21?,22-,23+,29-/m1/s1. The van der Waals surface area contributed by atoms with Crippen LogP contribution in [-0.2, 0) is 19.2 Å². The Morgan fingerprint density at radius 1 is 1.05 bits per heavy atom. The van der Waals surface area contributed by atoms with Crippen molar-refractivity contribution in [3.8, 4) is 0 Å². The van der Waals surface area contributed by atoms with Crippen LogP contribution in [0.2, 0.25) is 0 Å². The number of piperidine rings is 1. The molecule has 1 aliphatic carbocycles. The van der Waals surface area contributed by atoms with E-state index >= 15 is 0 Å². The fraction of sp³-hybridized carbons (Fsp3) is 0.828. The molecular weight excluding hydrogens is 514 g/mol. The number of carbonyl (C=O) groups is 5. The second kappa shape index (κ2) is 14.7. The molecule has 0 spiro atoms. The molecule has 0 bridgehead atoms. The van der Waals surface area contributed by atoms with Crippen molar-refractivity contribution in [1.29, 1.82) is 0 Å². The van der Waals surface area contributed by atoms with Gasteiger partial charge >= 0.3 is 12.0 Å². The zero-order valence-electron chi connectivity index (χ0n) is 24.5. The van der Waals surface area contributed by atoms with Gasteiger partial charge < -0.3 is 30.9 Å². The number of carboxylic acid groups (broad SMARTS) is 1. The van der Waals surface area contributed by atoms with E-state index in [1.165, 1.54) is 11.3 Å². The Kier molecular flexibility index (Phi) is 11.6. The molecule has 0 radical (unpaired) electrons. The third kappa shape index (κ3) is 8.33. The lowest BCUT2D eigenvalue weighted by Crippen LogP contribution is -2.55. The fourth-order valence-electron chi connectivity index (χ4n) is 5.97. The summed E-state index contributed by atoms with van der Waals surface area (Å²) in [6.07, 6.45) is 10.1. The number of likely N-dealkylation sites (tertiary alicyclic amines) is 2. The predicted octanol–water partition coefficient (Wildman–Crippen LogP) is 2.63. The average molecular weight is 564 g/mol. The number of amides is 5. The van der Waals surface area contributed by atoms with Crippen LogP contribution in [0.4, 0.5) is 4.79 Å². The summed E-state index contributed by atoms with van der Waals surface area (Å²) in [7, 11) is 0. The van der Waals surface area contributed by atoms with E-state index < -0.39 is 29.5 Å². The van der Waals surface area contributed by atoms with Gasteiger partial charge in [-0.3, -0.25) is 14.4 Å². The van der Waals surface area contributed by atoms with Crippen molar-refractivity contribution in [1.82, 2.24) is 25.8 Å². The molecule has 226 valence electrons. The lowest BCUT2D eigenvalue weighted by Gasteiger charge is -2.32. The highest BCUT2D eigenvalue weighted by Crippen LogP contribution is 2.47. The molecular formula is C29H49N5O6. The number of aliphatic carboxylic acids is 1. The molecule has 0 aromatic carbocycles. The largest absolute Gasteiger partial charge is 0.479 e. The number of hydrogen-bond donors (Lipinski definition) is 4. The zero-order chi connectivity index (χ0) is 29.3. The topological polar surface area (TPSA) is 148 Å². The van der Waals surface area contributed by atoms with E-state index in [2.05, 4.69) is 22.9 Å². The van der Waals surface area contributed by atoms with E-state index in [1.807, 2.05) is 13.8 Å². The van der Waals surface area contributed by atoms with Crippen LogP contribution in [0.25, 0.3) is 0 Å². The number of carbonyl (C=O) groups excluding carboxylic acids is 4. The maximum absolute atomic E-state index is 13.2. The van der Waals surface area contributed by atoms with Crippen molar-refractivity contribution < 1.29 is 29.1 Å². The molecule has 5 amide bonds. The maximum atomic E-state index is 13.2. The second-order valence-electron chi connectivity index (χ2n) is 12.1. The summed E-state index contributed by atoms with van der Waals surface area (Å²) >= 11 is 0. The van der Waals surface area contributed by atoms with Gasteiger partial charge in [-0.2, -0.15) is 0 Å². The van der Waals surface area contributed by atoms with Crippen molar-refractivity contribution in [3.63, 3.8) is 0 Å². The van der Waals surface area contributed by atoms with Crippen LogP contribution in [-0.4, -0.2) is 88.4 Å². The number of rotatable bonds is 15. The van der Waals surface area contributed by atoms with Crippen molar-refractivity contribution in [3.05, 3.63) is 0 Å². The number of nitrogens with one attached hydrogen (secondary N) is 3. The first-order valence-corrected chi connectivity index (χ1v) is 15.3. The first kappa shape index (κ1) is 31.7. The fourth-order valence-corrected chi connectivity index (χ4v) is 5.97.